The summed E-state index contributed by atoms with van der Waals surface area (Å²) in [5.41, 5.74) is 8.85. The van der Waals surface area contributed by atoms with E-state index in [-0.39, 0.29) is 11.1 Å². The summed E-state index contributed by atoms with van der Waals surface area (Å²) in [6.45, 7) is 4.20. The summed E-state index contributed by atoms with van der Waals surface area (Å²) in [5, 5.41) is 0.580. The van der Waals surface area contributed by atoms with Crippen LogP contribution < -0.4 is 5.73 Å². The van der Waals surface area contributed by atoms with E-state index in [0.717, 1.165) is 29.9 Å². The number of halogens is 3. The second-order valence-corrected chi connectivity index (χ2v) is 6.20. The molecule has 25 heavy (non-hydrogen) atoms. The number of nitrogens with zero attached hydrogens (tertiary/aromatic N) is 2. The Bertz CT molecular complexity index is 1000. The lowest BCUT2D eigenvalue weighted by Gasteiger charge is -2.13. The molecule has 0 radical (unpaired) electrons. The summed E-state index contributed by atoms with van der Waals surface area (Å²) in [7, 11) is 0. The maximum Gasteiger partial charge on any atom is 0.134 e. The number of rotatable bonds is 2. The monoisotopic (exact) mass is 343 g/mol. The van der Waals surface area contributed by atoms with Crippen molar-refractivity contribution in [3.8, 4) is 11.1 Å². The Morgan fingerprint density at radius 3 is 2.60 bits per heavy atom. The van der Waals surface area contributed by atoms with Gasteiger partial charge in [0.1, 0.15) is 17.5 Å². The first-order valence-electron chi connectivity index (χ1n) is 8.06. The van der Waals surface area contributed by atoms with Crippen LogP contribution in [0.1, 0.15) is 18.2 Å². The molecular formula is C19H16F3N3. The number of nitrogens with two attached hydrogens (primary N) is 1. The highest BCUT2D eigenvalue weighted by Crippen LogP contribution is 2.38. The molecule has 3 aromatic rings. The molecule has 0 fully saturated rings. The number of hydrogen-bond donors (Lipinski definition) is 1. The van der Waals surface area contributed by atoms with Gasteiger partial charge in [0.05, 0.1) is 11.2 Å². The third-order valence-electron chi connectivity index (χ3n) is 4.74. The molecule has 0 atom stereocenters. The number of nitrogen functional groups attached to an aromatic ring is 1. The van der Waals surface area contributed by atoms with E-state index in [1.54, 1.807) is 6.07 Å². The molecule has 0 amide bonds. The molecule has 0 unspecified atom stereocenters. The first-order chi connectivity index (χ1) is 12.0. The van der Waals surface area contributed by atoms with E-state index in [9.17, 15) is 13.2 Å². The van der Waals surface area contributed by atoms with E-state index in [2.05, 4.69) is 9.88 Å². The number of hydrogen-bond acceptors (Lipinski definition) is 3. The van der Waals surface area contributed by atoms with E-state index in [1.807, 2.05) is 6.92 Å². The van der Waals surface area contributed by atoms with Gasteiger partial charge in [0.25, 0.3) is 0 Å². The summed E-state index contributed by atoms with van der Waals surface area (Å²) >= 11 is 0. The number of fused-ring (bicyclic) bond motifs is 2. The van der Waals surface area contributed by atoms with Crippen molar-refractivity contribution >= 4 is 16.6 Å². The Balaban J connectivity index is 2.03. The minimum absolute atomic E-state index is 0.0134. The molecule has 2 N–H and O–H groups in total. The molecular weight excluding hydrogens is 327 g/mol. The minimum atomic E-state index is -0.831. The second-order valence-electron chi connectivity index (χ2n) is 6.20. The van der Waals surface area contributed by atoms with Crippen molar-refractivity contribution in [1.82, 2.24) is 9.88 Å². The van der Waals surface area contributed by atoms with Crippen molar-refractivity contribution in [2.24, 2.45) is 0 Å². The van der Waals surface area contributed by atoms with Crippen LogP contribution >= 0.6 is 0 Å². The first-order valence-corrected chi connectivity index (χ1v) is 8.06. The number of anilines is 1. The topological polar surface area (TPSA) is 42.2 Å². The smallest absolute Gasteiger partial charge is 0.134 e. The van der Waals surface area contributed by atoms with Crippen molar-refractivity contribution in [2.75, 3.05) is 12.3 Å². The standard InChI is InChI=1S/C19H16F3N3/c1-2-25-8-13-16(9-25)24-19-12(18(13)23)5-6-14(21)17(19)11-4-3-10(20)7-15(11)22/h3-7H,2,8-9H2,1H3,(H2,23,24). The van der Waals surface area contributed by atoms with Crippen molar-refractivity contribution < 1.29 is 13.2 Å². The zero-order valence-electron chi connectivity index (χ0n) is 13.6. The van der Waals surface area contributed by atoms with E-state index >= 15 is 0 Å². The van der Waals surface area contributed by atoms with Gasteiger partial charge in [0.2, 0.25) is 0 Å². The van der Waals surface area contributed by atoms with Crippen LogP contribution in [-0.2, 0) is 13.1 Å². The number of pyridine rings is 1. The van der Waals surface area contributed by atoms with Crippen LogP contribution in [0.25, 0.3) is 22.0 Å². The Kier molecular flexibility index (Phi) is 3.65. The Hall–Kier alpha value is -2.60. The normalized spacial score (nSPS) is 14.2. The lowest BCUT2D eigenvalue weighted by atomic mass is 9.98. The number of aromatic nitrogens is 1. The maximum atomic E-state index is 14.6. The van der Waals surface area contributed by atoms with Crippen LogP contribution in [0.3, 0.4) is 0 Å². The predicted octanol–water partition coefficient (Wildman–Crippen LogP) is 4.24. The van der Waals surface area contributed by atoms with Crippen LogP contribution in [0.15, 0.2) is 30.3 Å². The fourth-order valence-electron chi connectivity index (χ4n) is 3.39. The fraction of sp³-hybridized carbons (Fsp3) is 0.211. The molecule has 0 saturated heterocycles. The summed E-state index contributed by atoms with van der Waals surface area (Å²) in [6, 6.07) is 5.88. The third kappa shape index (κ3) is 2.44. The molecule has 0 aliphatic carbocycles. The highest BCUT2D eigenvalue weighted by Gasteiger charge is 2.25. The maximum absolute atomic E-state index is 14.6. The Labute approximate surface area is 142 Å². The van der Waals surface area contributed by atoms with E-state index < -0.39 is 17.5 Å². The molecule has 1 aromatic heterocycles. The highest BCUT2D eigenvalue weighted by atomic mass is 19.1. The molecule has 0 spiro atoms. The van der Waals surface area contributed by atoms with Crippen LogP contribution in [0.2, 0.25) is 0 Å². The van der Waals surface area contributed by atoms with E-state index in [0.29, 0.717) is 29.7 Å². The van der Waals surface area contributed by atoms with Gasteiger partial charge < -0.3 is 5.73 Å². The quantitative estimate of drug-likeness (QED) is 0.757. The molecule has 3 nitrogen and oxygen atoms in total. The van der Waals surface area contributed by atoms with E-state index in [1.165, 1.54) is 12.1 Å². The van der Waals surface area contributed by atoms with Gasteiger partial charge in [0.15, 0.2) is 0 Å². The second kappa shape index (κ2) is 5.74. The zero-order chi connectivity index (χ0) is 17.7. The molecule has 1 aliphatic rings. The van der Waals surface area contributed by atoms with Gasteiger partial charge in [-0.15, -0.1) is 0 Å². The predicted molar refractivity (Wildman–Crippen MR) is 91.3 cm³/mol. The summed E-state index contributed by atoms with van der Waals surface area (Å²) in [5.74, 6) is -2.16. The molecule has 1 aliphatic heterocycles. The van der Waals surface area contributed by atoms with Crippen molar-refractivity contribution in [2.45, 2.75) is 20.0 Å². The van der Waals surface area contributed by atoms with Gasteiger partial charge in [-0.1, -0.05) is 6.92 Å². The fourth-order valence-corrected chi connectivity index (χ4v) is 3.39. The van der Waals surface area contributed by atoms with E-state index in [4.69, 9.17) is 5.73 Å². The summed E-state index contributed by atoms with van der Waals surface area (Å²) in [6.07, 6.45) is 0. The molecule has 0 saturated carbocycles. The van der Waals surface area contributed by atoms with Gasteiger partial charge in [-0.3, -0.25) is 9.88 Å². The third-order valence-corrected chi connectivity index (χ3v) is 4.74. The molecule has 2 heterocycles. The average Bonchev–Trinajstić information content (AvgIpc) is 3.00. The average molecular weight is 343 g/mol. The highest BCUT2D eigenvalue weighted by molar-refractivity contribution is 6.01. The lowest BCUT2D eigenvalue weighted by Crippen LogP contribution is -2.15. The Morgan fingerprint density at radius 2 is 1.88 bits per heavy atom. The number of benzene rings is 2. The lowest BCUT2D eigenvalue weighted by molar-refractivity contribution is 0.299. The zero-order valence-corrected chi connectivity index (χ0v) is 13.6. The van der Waals surface area contributed by atoms with Gasteiger partial charge in [-0.2, -0.15) is 0 Å². The Morgan fingerprint density at radius 1 is 1.08 bits per heavy atom. The molecule has 4 rings (SSSR count). The molecule has 0 bridgehead atoms. The molecule has 2 aromatic carbocycles. The molecule has 6 heteroatoms. The van der Waals surface area contributed by atoms with Crippen molar-refractivity contribution in [3.63, 3.8) is 0 Å². The van der Waals surface area contributed by atoms with Gasteiger partial charge >= 0.3 is 0 Å². The van der Waals surface area contributed by atoms with Gasteiger partial charge in [-0.05, 0) is 30.8 Å². The minimum Gasteiger partial charge on any atom is -0.398 e. The SMILES string of the molecule is CCN1Cc2nc3c(-c4ccc(F)cc4F)c(F)ccc3c(N)c2C1. The van der Waals surface area contributed by atoms with Gasteiger partial charge in [-0.25, -0.2) is 13.2 Å². The van der Waals surface area contributed by atoms with Crippen molar-refractivity contribution in [1.29, 1.82) is 0 Å². The summed E-state index contributed by atoms with van der Waals surface area (Å²) in [4.78, 5) is 6.76. The molecule has 128 valence electrons. The van der Waals surface area contributed by atoms with Crippen LogP contribution in [0.5, 0.6) is 0 Å². The van der Waals surface area contributed by atoms with Crippen LogP contribution in [0, 0.1) is 17.5 Å². The summed E-state index contributed by atoms with van der Waals surface area (Å²) < 4.78 is 42.1. The largest absolute Gasteiger partial charge is 0.398 e. The van der Waals surface area contributed by atoms with Crippen LogP contribution in [0.4, 0.5) is 18.9 Å². The van der Waals surface area contributed by atoms with Gasteiger partial charge in [0, 0.05) is 46.9 Å². The van der Waals surface area contributed by atoms with Crippen molar-refractivity contribution in [3.05, 3.63) is 59.0 Å². The van der Waals surface area contributed by atoms with Crippen LogP contribution in [-0.4, -0.2) is 16.4 Å². The first kappa shape index (κ1) is 15.9.